The van der Waals surface area contributed by atoms with Crippen LogP contribution in [0.15, 0.2) is 131 Å². The van der Waals surface area contributed by atoms with Gasteiger partial charge in [0.05, 0.1) is 9.79 Å². The van der Waals surface area contributed by atoms with Crippen molar-refractivity contribution in [3.8, 4) is 0 Å². The van der Waals surface area contributed by atoms with Gasteiger partial charge in [0.2, 0.25) is 19.7 Å². The van der Waals surface area contributed by atoms with Crippen LogP contribution in [0.25, 0.3) is 0 Å². The largest absolute Gasteiger partial charge is 0.446 e. The summed E-state index contributed by atoms with van der Waals surface area (Å²) in [6.07, 6.45) is -3.68. The molecule has 0 heterocycles. The Balaban J connectivity index is 1.73. The zero-order valence-corrected chi connectivity index (χ0v) is 23.0. The molecule has 10 heteroatoms. The number of halogens is 1. The van der Waals surface area contributed by atoms with E-state index in [1.54, 1.807) is 54.6 Å². The third kappa shape index (κ3) is 6.40. The third-order valence-electron chi connectivity index (χ3n) is 6.24. The summed E-state index contributed by atoms with van der Waals surface area (Å²) >= 11 is 0. The lowest BCUT2D eigenvalue weighted by molar-refractivity contribution is 0.0792. The first-order valence-electron chi connectivity index (χ1n) is 12.4. The summed E-state index contributed by atoms with van der Waals surface area (Å²) in [5.74, 6) is 0. The van der Waals surface area contributed by atoms with E-state index in [0.717, 1.165) is 29.8 Å². The Morgan fingerprint density at radius 1 is 0.675 bits per heavy atom. The van der Waals surface area contributed by atoms with Crippen molar-refractivity contribution in [1.82, 2.24) is 5.32 Å². The van der Waals surface area contributed by atoms with Gasteiger partial charge in [-0.25, -0.2) is 26.0 Å². The molecular formula is C30H28FNO6S2. The summed E-state index contributed by atoms with van der Waals surface area (Å²) in [4.78, 5) is 11.8. The van der Waals surface area contributed by atoms with E-state index in [9.17, 15) is 21.6 Å². The Morgan fingerprint density at radius 3 is 1.52 bits per heavy atom. The molecule has 0 radical (unpaired) electrons. The number of amides is 1. The van der Waals surface area contributed by atoms with Gasteiger partial charge in [-0.15, -0.1) is 0 Å². The number of carbonyl (C=O) groups excluding carboxylic acids is 1. The van der Waals surface area contributed by atoms with E-state index in [1.165, 1.54) is 36.4 Å². The standard InChI is InChI=1S/C30H28FNO6S2/c31-30(39(34,35)27-17-9-3-10-18-27,40(36,37)28-19-11-4-12-20-28)22-26(21-24-13-5-1-6-14-24)38-29(33)32-23-25-15-7-2-8-16-25/h1-20,26H,21-23H2,(H,32,33)/t26-/m0/s1. The van der Waals surface area contributed by atoms with Gasteiger partial charge >= 0.3 is 10.4 Å². The number of alkyl carbamates (subject to hydrolysis) is 1. The lowest BCUT2D eigenvalue weighted by Crippen LogP contribution is -2.46. The number of rotatable bonds is 11. The zero-order chi connectivity index (χ0) is 28.6. The number of benzene rings is 4. The Morgan fingerprint density at radius 2 is 1.07 bits per heavy atom. The summed E-state index contributed by atoms with van der Waals surface area (Å²) < 4.78 is 73.8. The van der Waals surface area contributed by atoms with Crippen molar-refractivity contribution >= 4 is 25.8 Å². The maximum absolute atomic E-state index is 17.2. The average Bonchev–Trinajstić information content (AvgIpc) is 2.98. The Labute approximate surface area is 233 Å². The fraction of sp³-hybridized carbons (Fsp3) is 0.167. The molecule has 0 bridgehead atoms. The minimum Gasteiger partial charge on any atom is -0.446 e. The van der Waals surface area contributed by atoms with Crippen LogP contribution in [0.4, 0.5) is 9.18 Å². The van der Waals surface area contributed by atoms with Gasteiger partial charge in [0.1, 0.15) is 6.10 Å². The summed E-state index contributed by atoms with van der Waals surface area (Å²) in [5, 5.41) is 2.56. The zero-order valence-electron chi connectivity index (χ0n) is 21.4. The minimum absolute atomic E-state index is 0.100. The van der Waals surface area contributed by atoms with Crippen LogP contribution in [0, 0.1) is 0 Å². The number of alkyl halides is 1. The van der Waals surface area contributed by atoms with Gasteiger partial charge in [-0.2, -0.15) is 0 Å². The monoisotopic (exact) mass is 581 g/mol. The molecular weight excluding hydrogens is 553 g/mol. The van der Waals surface area contributed by atoms with Crippen molar-refractivity contribution in [2.24, 2.45) is 0 Å². The highest BCUT2D eigenvalue weighted by atomic mass is 32.3. The summed E-state index contributed by atoms with van der Waals surface area (Å²) in [5.41, 5.74) is 1.37. The number of ether oxygens (including phenoxy) is 1. The second-order valence-electron chi connectivity index (χ2n) is 9.05. The van der Waals surface area contributed by atoms with Gasteiger partial charge in [-0.1, -0.05) is 97.1 Å². The fourth-order valence-corrected chi connectivity index (χ4v) is 8.46. The van der Waals surface area contributed by atoms with E-state index in [0.29, 0.717) is 5.56 Å². The normalized spacial score (nSPS) is 12.8. The molecule has 0 aliphatic heterocycles. The van der Waals surface area contributed by atoms with Crippen LogP contribution in [0.3, 0.4) is 0 Å². The van der Waals surface area contributed by atoms with Crippen molar-refractivity contribution < 1.29 is 30.8 Å². The van der Waals surface area contributed by atoms with Crippen LogP contribution in [0.5, 0.6) is 0 Å². The third-order valence-corrected chi connectivity index (χ3v) is 11.3. The molecule has 0 spiro atoms. The molecule has 4 rings (SSSR count). The molecule has 40 heavy (non-hydrogen) atoms. The van der Waals surface area contributed by atoms with Crippen LogP contribution in [-0.2, 0) is 37.4 Å². The number of sulfone groups is 2. The SMILES string of the molecule is O=C(NCc1ccccc1)O[C@@H](Cc1ccccc1)CC(F)(S(=O)(=O)c1ccccc1)S(=O)(=O)c1ccccc1. The summed E-state index contributed by atoms with van der Waals surface area (Å²) in [7, 11) is -10.3. The van der Waals surface area contributed by atoms with Crippen LogP contribution in [-0.4, -0.2) is 33.4 Å². The predicted octanol–water partition coefficient (Wildman–Crippen LogP) is 5.49. The molecule has 0 fully saturated rings. The highest BCUT2D eigenvalue weighted by Gasteiger charge is 2.58. The highest BCUT2D eigenvalue weighted by molar-refractivity contribution is 8.10. The van der Waals surface area contributed by atoms with Crippen molar-refractivity contribution in [3.63, 3.8) is 0 Å². The molecule has 1 N–H and O–H groups in total. The molecule has 0 saturated heterocycles. The molecule has 0 unspecified atom stereocenters. The molecule has 0 aromatic heterocycles. The van der Waals surface area contributed by atoms with Gasteiger partial charge in [0, 0.05) is 19.4 Å². The maximum atomic E-state index is 17.2. The van der Waals surface area contributed by atoms with Crippen LogP contribution >= 0.6 is 0 Å². The smallest absolute Gasteiger partial charge is 0.407 e. The lowest BCUT2D eigenvalue weighted by Gasteiger charge is -2.29. The van der Waals surface area contributed by atoms with E-state index in [-0.39, 0.29) is 13.0 Å². The first kappa shape index (κ1) is 29.0. The number of hydrogen-bond donors (Lipinski definition) is 1. The first-order chi connectivity index (χ1) is 19.1. The predicted molar refractivity (Wildman–Crippen MR) is 149 cm³/mol. The number of carbonyl (C=O) groups is 1. The Bertz CT molecular complexity index is 1550. The molecule has 7 nitrogen and oxygen atoms in total. The van der Waals surface area contributed by atoms with Gasteiger partial charge in [0.25, 0.3) is 0 Å². The van der Waals surface area contributed by atoms with Crippen molar-refractivity contribution in [2.75, 3.05) is 0 Å². The quantitative estimate of drug-likeness (QED) is 0.251. The van der Waals surface area contributed by atoms with Crippen molar-refractivity contribution in [1.29, 1.82) is 0 Å². The molecule has 4 aromatic carbocycles. The molecule has 0 saturated carbocycles. The summed E-state index contributed by atoms with van der Waals surface area (Å²) in [6, 6.07) is 30.6. The van der Waals surface area contributed by atoms with Crippen molar-refractivity contribution in [2.45, 2.75) is 39.6 Å². The van der Waals surface area contributed by atoms with Gasteiger partial charge in [0.15, 0.2) is 0 Å². The number of nitrogens with one attached hydrogen (secondary N) is 1. The molecule has 1 amide bonds. The van der Waals surface area contributed by atoms with Gasteiger partial charge in [-0.3, -0.25) is 0 Å². The molecule has 0 aliphatic rings. The maximum Gasteiger partial charge on any atom is 0.407 e. The van der Waals surface area contributed by atoms with Crippen LogP contribution in [0.1, 0.15) is 17.5 Å². The van der Waals surface area contributed by atoms with E-state index >= 15 is 4.39 Å². The number of hydrogen-bond acceptors (Lipinski definition) is 6. The van der Waals surface area contributed by atoms with E-state index < -0.39 is 52.4 Å². The van der Waals surface area contributed by atoms with E-state index in [4.69, 9.17) is 4.74 Å². The minimum atomic E-state index is -5.15. The Hall–Kier alpha value is -4.02. The highest BCUT2D eigenvalue weighted by Crippen LogP contribution is 2.41. The van der Waals surface area contributed by atoms with Crippen LogP contribution in [0.2, 0.25) is 0 Å². The average molecular weight is 582 g/mol. The van der Waals surface area contributed by atoms with E-state index in [2.05, 4.69) is 5.32 Å². The second-order valence-corrected chi connectivity index (χ2v) is 13.6. The summed E-state index contributed by atoms with van der Waals surface area (Å²) in [6.45, 7) is 0.100. The second kappa shape index (κ2) is 12.4. The molecule has 0 aliphatic carbocycles. The lowest BCUT2D eigenvalue weighted by atomic mass is 10.1. The fourth-order valence-electron chi connectivity index (χ4n) is 4.18. The van der Waals surface area contributed by atoms with Crippen LogP contribution < -0.4 is 5.32 Å². The molecule has 208 valence electrons. The first-order valence-corrected chi connectivity index (χ1v) is 15.4. The van der Waals surface area contributed by atoms with Gasteiger partial charge in [-0.05, 0) is 35.4 Å². The van der Waals surface area contributed by atoms with E-state index in [1.807, 2.05) is 6.07 Å². The van der Waals surface area contributed by atoms with Gasteiger partial charge < -0.3 is 10.1 Å². The Kier molecular flexibility index (Phi) is 9.01. The molecule has 4 aromatic rings. The van der Waals surface area contributed by atoms with Crippen molar-refractivity contribution in [3.05, 3.63) is 132 Å². The topological polar surface area (TPSA) is 107 Å². The molecule has 1 atom stereocenters.